The summed E-state index contributed by atoms with van der Waals surface area (Å²) in [5.41, 5.74) is 0. The average Bonchev–Trinajstić information content (AvgIpc) is 2.34. The maximum atomic E-state index is 11.9. The zero-order valence-electron chi connectivity index (χ0n) is 12.3. The zero-order valence-corrected chi connectivity index (χ0v) is 12.3. The summed E-state index contributed by atoms with van der Waals surface area (Å²) in [5.74, 6) is 0.959. The Kier molecular flexibility index (Phi) is 7.33. The van der Waals surface area contributed by atoms with Crippen molar-refractivity contribution >= 4 is 5.91 Å². The highest BCUT2D eigenvalue weighted by Gasteiger charge is 2.22. The molecule has 18 heavy (non-hydrogen) atoms. The van der Waals surface area contributed by atoms with Crippen LogP contribution in [0.3, 0.4) is 0 Å². The van der Waals surface area contributed by atoms with Crippen LogP contribution in [0.4, 0.5) is 0 Å². The fraction of sp³-hybridized carbons (Fsp3) is 0.933. The van der Waals surface area contributed by atoms with Gasteiger partial charge in [-0.25, -0.2) is 0 Å². The average molecular weight is 254 g/mol. The van der Waals surface area contributed by atoms with E-state index >= 15 is 0 Å². The molecule has 2 N–H and O–H groups in total. The number of carbonyl (C=O) groups is 1. The molecule has 1 rings (SSSR count). The van der Waals surface area contributed by atoms with Crippen molar-refractivity contribution in [2.75, 3.05) is 6.54 Å². The van der Waals surface area contributed by atoms with Gasteiger partial charge in [-0.15, -0.1) is 0 Å². The molecule has 1 amide bonds. The number of hydrogen-bond acceptors (Lipinski definition) is 2. The van der Waals surface area contributed by atoms with Gasteiger partial charge >= 0.3 is 0 Å². The normalized spacial score (nSPS) is 25.7. The molecule has 3 unspecified atom stereocenters. The van der Waals surface area contributed by atoms with E-state index < -0.39 is 0 Å². The smallest absolute Gasteiger partial charge is 0.236 e. The number of unbranched alkanes of at least 4 members (excludes halogenated alkanes) is 2. The van der Waals surface area contributed by atoms with E-state index in [0.717, 1.165) is 18.9 Å². The van der Waals surface area contributed by atoms with Crippen molar-refractivity contribution in [2.24, 2.45) is 5.92 Å². The van der Waals surface area contributed by atoms with E-state index in [4.69, 9.17) is 0 Å². The van der Waals surface area contributed by atoms with Crippen LogP contribution in [-0.2, 0) is 4.79 Å². The summed E-state index contributed by atoms with van der Waals surface area (Å²) < 4.78 is 0. The first-order chi connectivity index (χ1) is 8.63. The van der Waals surface area contributed by atoms with Crippen LogP contribution in [0.25, 0.3) is 0 Å². The molecule has 0 aromatic carbocycles. The number of rotatable bonds is 7. The molecule has 0 spiro atoms. The number of amides is 1. The van der Waals surface area contributed by atoms with Crippen LogP contribution in [0.15, 0.2) is 0 Å². The summed E-state index contributed by atoms with van der Waals surface area (Å²) in [5, 5.41) is 6.49. The highest BCUT2D eigenvalue weighted by atomic mass is 16.2. The van der Waals surface area contributed by atoms with Gasteiger partial charge in [0, 0.05) is 12.6 Å². The van der Waals surface area contributed by atoms with E-state index in [0.29, 0.717) is 6.04 Å². The highest BCUT2D eigenvalue weighted by molar-refractivity contribution is 5.81. The van der Waals surface area contributed by atoms with Crippen LogP contribution in [-0.4, -0.2) is 24.5 Å². The molecule has 1 aliphatic rings. The third-order valence-corrected chi connectivity index (χ3v) is 3.89. The highest BCUT2D eigenvalue weighted by Crippen LogP contribution is 2.23. The summed E-state index contributed by atoms with van der Waals surface area (Å²) in [6.45, 7) is 7.29. The van der Waals surface area contributed by atoms with Crippen LogP contribution in [0, 0.1) is 5.92 Å². The van der Waals surface area contributed by atoms with Gasteiger partial charge in [-0.2, -0.15) is 0 Å². The van der Waals surface area contributed by atoms with Crippen LogP contribution < -0.4 is 10.6 Å². The Morgan fingerprint density at radius 3 is 2.78 bits per heavy atom. The van der Waals surface area contributed by atoms with E-state index in [1.807, 2.05) is 6.92 Å². The van der Waals surface area contributed by atoms with E-state index in [-0.39, 0.29) is 11.9 Å². The zero-order chi connectivity index (χ0) is 13.4. The topological polar surface area (TPSA) is 41.1 Å². The molecule has 1 aliphatic carbocycles. The fourth-order valence-electron chi connectivity index (χ4n) is 2.75. The molecule has 3 nitrogen and oxygen atoms in total. The molecule has 0 bridgehead atoms. The van der Waals surface area contributed by atoms with Crippen LogP contribution in [0.2, 0.25) is 0 Å². The largest absolute Gasteiger partial charge is 0.355 e. The van der Waals surface area contributed by atoms with E-state index in [1.165, 1.54) is 38.5 Å². The number of carbonyl (C=O) groups excluding carboxylic acids is 1. The molecule has 1 saturated carbocycles. The Morgan fingerprint density at radius 1 is 1.33 bits per heavy atom. The quantitative estimate of drug-likeness (QED) is 0.686. The molecule has 0 aromatic heterocycles. The first-order valence-corrected chi connectivity index (χ1v) is 7.67. The van der Waals surface area contributed by atoms with Crippen molar-refractivity contribution in [3.8, 4) is 0 Å². The molecule has 3 atom stereocenters. The van der Waals surface area contributed by atoms with Crippen molar-refractivity contribution < 1.29 is 4.79 Å². The molecule has 3 heteroatoms. The van der Waals surface area contributed by atoms with Crippen LogP contribution in [0.5, 0.6) is 0 Å². The molecule has 0 heterocycles. The predicted octanol–water partition coefficient (Wildman–Crippen LogP) is 2.85. The summed E-state index contributed by atoms with van der Waals surface area (Å²) in [4.78, 5) is 11.9. The molecule has 0 aliphatic heterocycles. The Morgan fingerprint density at radius 2 is 2.11 bits per heavy atom. The Balaban J connectivity index is 2.18. The van der Waals surface area contributed by atoms with Gasteiger partial charge in [0.15, 0.2) is 0 Å². The van der Waals surface area contributed by atoms with E-state index in [9.17, 15) is 4.79 Å². The van der Waals surface area contributed by atoms with E-state index in [2.05, 4.69) is 24.5 Å². The van der Waals surface area contributed by atoms with Gasteiger partial charge in [0.05, 0.1) is 6.04 Å². The lowest BCUT2D eigenvalue weighted by Crippen LogP contribution is -2.48. The van der Waals surface area contributed by atoms with Gasteiger partial charge in [0.2, 0.25) is 5.91 Å². The minimum atomic E-state index is -0.0538. The summed E-state index contributed by atoms with van der Waals surface area (Å²) >= 11 is 0. The van der Waals surface area contributed by atoms with Gasteiger partial charge in [-0.1, -0.05) is 39.5 Å². The summed E-state index contributed by atoms with van der Waals surface area (Å²) in [7, 11) is 0. The molecule has 1 fully saturated rings. The number of nitrogens with one attached hydrogen (secondary N) is 2. The minimum absolute atomic E-state index is 0.0538. The third-order valence-electron chi connectivity index (χ3n) is 3.89. The maximum absolute atomic E-state index is 11.9. The van der Waals surface area contributed by atoms with Gasteiger partial charge in [0.1, 0.15) is 0 Å². The van der Waals surface area contributed by atoms with Crippen LogP contribution in [0.1, 0.15) is 65.7 Å². The van der Waals surface area contributed by atoms with Gasteiger partial charge in [-0.05, 0) is 32.1 Å². The predicted molar refractivity (Wildman–Crippen MR) is 76.6 cm³/mol. The molecular weight excluding hydrogens is 224 g/mol. The summed E-state index contributed by atoms with van der Waals surface area (Å²) in [6, 6.07) is 0.479. The second kappa shape index (κ2) is 8.52. The van der Waals surface area contributed by atoms with Gasteiger partial charge in [0.25, 0.3) is 0 Å². The Bertz CT molecular complexity index is 243. The molecule has 0 radical (unpaired) electrons. The first-order valence-electron chi connectivity index (χ1n) is 7.67. The first kappa shape index (κ1) is 15.5. The number of hydrogen-bond donors (Lipinski definition) is 2. The third kappa shape index (κ3) is 5.85. The lowest BCUT2D eigenvalue weighted by Gasteiger charge is -2.29. The van der Waals surface area contributed by atoms with Crippen molar-refractivity contribution in [1.82, 2.24) is 10.6 Å². The molecular formula is C15H30N2O. The van der Waals surface area contributed by atoms with Gasteiger partial charge < -0.3 is 10.6 Å². The minimum Gasteiger partial charge on any atom is -0.355 e. The Hall–Kier alpha value is -0.570. The lowest BCUT2D eigenvalue weighted by molar-refractivity contribution is -0.123. The van der Waals surface area contributed by atoms with Crippen LogP contribution >= 0.6 is 0 Å². The second-order valence-electron chi connectivity index (χ2n) is 5.86. The van der Waals surface area contributed by atoms with Crippen molar-refractivity contribution in [1.29, 1.82) is 0 Å². The molecule has 0 saturated heterocycles. The van der Waals surface area contributed by atoms with Crippen molar-refractivity contribution in [3.05, 3.63) is 0 Å². The maximum Gasteiger partial charge on any atom is 0.236 e. The van der Waals surface area contributed by atoms with Gasteiger partial charge in [-0.3, -0.25) is 4.79 Å². The fourth-order valence-corrected chi connectivity index (χ4v) is 2.75. The SMILES string of the molecule is CCCCCNC(=O)C(C)NC1CCCC(C)C1. The lowest BCUT2D eigenvalue weighted by atomic mass is 9.87. The van der Waals surface area contributed by atoms with E-state index in [1.54, 1.807) is 0 Å². The molecule has 0 aromatic rings. The van der Waals surface area contributed by atoms with Crippen molar-refractivity contribution in [2.45, 2.75) is 77.8 Å². The van der Waals surface area contributed by atoms with Crippen molar-refractivity contribution in [3.63, 3.8) is 0 Å². The Labute approximate surface area is 112 Å². The molecule has 106 valence electrons. The summed E-state index contributed by atoms with van der Waals surface area (Å²) in [6.07, 6.45) is 8.56. The monoisotopic (exact) mass is 254 g/mol. The standard InChI is InChI=1S/C15H30N2O/c1-4-5-6-10-16-15(18)13(3)17-14-9-7-8-12(2)11-14/h12-14,17H,4-11H2,1-3H3,(H,16,18). The second-order valence-corrected chi connectivity index (χ2v) is 5.86.